The van der Waals surface area contributed by atoms with E-state index < -0.39 is 16.1 Å². The van der Waals surface area contributed by atoms with E-state index in [1.807, 2.05) is 13.8 Å². The summed E-state index contributed by atoms with van der Waals surface area (Å²) < 4.78 is 40.4. The van der Waals surface area contributed by atoms with Crippen molar-refractivity contribution in [3.05, 3.63) is 23.3 Å². The normalized spacial score (nSPS) is 25.9. The molecule has 9 heteroatoms. The topological polar surface area (TPSA) is 88.2 Å². The van der Waals surface area contributed by atoms with Crippen LogP contribution in [0.2, 0.25) is 0 Å². The minimum absolute atomic E-state index is 0.118. The first kappa shape index (κ1) is 30.3. The number of carbonyl (C=O) groups is 1. The van der Waals surface area contributed by atoms with Gasteiger partial charge in [0.1, 0.15) is 11.9 Å². The predicted molar refractivity (Wildman–Crippen MR) is 154 cm³/mol. The molecule has 1 amide bonds. The van der Waals surface area contributed by atoms with E-state index in [9.17, 15) is 13.2 Å². The predicted octanol–water partition coefficient (Wildman–Crippen LogP) is 4.42. The summed E-state index contributed by atoms with van der Waals surface area (Å²) in [4.78, 5) is 15.8. The van der Waals surface area contributed by atoms with Crippen molar-refractivity contribution in [2.24, 2.45) is 5.92 Å². The van der Waals surface area contributed by atoms with Crippen LogP contribution in [0.5, 0.6) is 5.75 Å². The number of ether oxygens (including phenoxy) is 2. The van der Waals surface area contributed by atoms with Gasteiger partial charge in [0, 0.05) is 25.2 Å². The first-order valence-electron chi connectivity index (χ1n) is 15.0. The number of sulfonamides is 1. The van der Waals surface area contributed by atoms with Crippen LogP contribution in [-0.2, 0) is 19.6 Å². The molecule has 4 rings (SSSR count). The Balaban J connectivity index is 1.24. The van der Waals surface area contributed by atoms with Crippen molar-refractivity contribution in [3.8, 4) is 5.75 Å². The third-order valence-electron chi connectivity index (χ3n) is 9.04. The largest absolute Gasteiger partial charge is 0.497 e. The average Bonchev–Trinajstić information content (AvgIpc) is 3.46. The van der Waals surface area contributed by atoms with Crippen molar-refractivity contribution in [1.29, 1.82) is 0 Å². The maximum Gasteiger partial charge on any atom is 0.248 e. The third-order valence-corrected chi connectivity index (χ3v) is 11.3. The maximum absolute atomic E-state index is 13.8. The zero-order valence-corrected chi connectivity index (χ0v) is 25.2. The number of nitrogens with one attached hydrogen (secondary N) is 1. The van der Waals surface area contributed by atoms with E-state index in [2.05, 4.69) is 10.2 Å². The zero-order chi connectivity index (χ0) is 28.0. The van der Waals surface area contributed by atoms with Gasteiger partial charge in [-0.15, -0.1) is 0 Å². The van der Waals surface area contributed by atoms with Crippen LogP contribution in [0.3, 0.4) is 0 Å². The van der Waals surface area contributed by atoms with Crippen molar-refractivity contribution in [2.45, 2.75) is 108 Å². The van der Waals surface area contributed by atoms with Crippen molar-refractivity contribution < 1.29 is 22.7 Å². The fourth-order valence-corrected chi connectivity index (χ4v) is 8.88. The van der Waals surface area contributed by atoms with Crippen LogP contribution in [0.1, 0.15) is 82.3 Å². The number of carbonyl (C=O) groups excluding carboxylic acids is 1. The highest BCUT2D eigenvalue weighted by atomic mass is 32.2. The standard InChI is InChI=1S/C30H49N3O5S/c1-22-19-28(37-4)20-23(2)29(22)39(35,36)33-18-6-5-9-27(33)21-38-24(3)30(34)31-15-14-25-10-12-26(13-11-25)32-16-7-8-17-32/h19-20,24-27H,5-18,21H2,1-4H3,(H,31,34). The molecule has 2 saturated heterocycles. The highest BCUT2D eigenvalue weighted by molar-refractivity contribution is 7.89. The van der Waals surface area contributed by atoms with Crippen LogP contribution in [0, 0.1) is 19.8 Å². The number of rotatable bonds is 11. The molecular formula is C30H49N3O5S. The van der Waals surface area contributed by atoms with E-state index >= 15 is 0 Å². The fraction of sp³-hybridized carbons (Fsp3) is 0.767. The Labute approximate surface area is 235 Å². The molecule has 1 aromatic rings. The first-order chi connectivity index (χ1) is 18.7. The Morgan fingerprint density at radius 2 is 1.64 bits per heavy atom. The summed E-state index contributed by atoms with van der Waals surface area (Å²) in [6, 6.07) is 4.01. The first-order valence-corrected chi connectivity index (χ1v) is 16.4. The van der Waals surface area contributed by atoms with Crippen LogP contribution in [-0.4, -0.2) is 81.6 Å². The van der Waals surface area contributed by atoms with Gasteiger partial charge < -0.3 is 19.7 Å². The molecule has 39 heavy (non-hydrogen) atoms. The quantitative estimate of drug-likeness (QED) is 0.429. The Morgan fingerprint density at radius 1 is 1.00 bits per heavy atom. The monoisotopic (exact) mass is 563 g/mol. The van der Waals surface area contributed by atoms with E-state index in [1.54, 1.807) is 30.5 Å². The lowest BCUT2D eigenvalue weighted by atomic mass is 9.83. The smallest absolute Gasteiger partial charge is 0.248 e. The van der Waals surface area contributed by atoms with Gasteiger partial charge in [-0.05, 0) is 121 Å². The number of benzene rings is 1. The molecule has 1 saturated carbocycles. The number of methoxy groups -OCH3 is 1. The third kappa shape index (κ3) is 7.54. The van der Waals surface area contributed by atoms with Crippen molar-refractivity contribution >= 4 is 15.9 Å². The van der Waals surface area contributed by atoms with Gasteiger partial charge in [-0.3, -0.25) is 4.79 Å². The maximum atomic E-state index is 13.8. The second kappa shape index (κ2) is 13.8. The molecule has 0 bridgehead atoms. The summed E-state index contributed by atoms with van der Waals surface area (Å²) in [7, 11) is -2.13. The molecule has 220 valence electrons. The summed E-state index contributed by atoms with van der Waals surface area (Å²) >= 11 is 0. The SMILES string of the molecule is COc1cc(C)c(S(=O)(=O)N2CCCCC2COC(C)C(=O)NCCC2CCC(N3CCCC3)CC2)c(C)c1. The van der Waals surface area contributed by atoms with Crippen molar-refractivity contribution in [3.63, 3.8) is 0 Å². The number of hydrogen-bond donors (Lipinski definition) is 1. The van der Waals surface area contributed by atoms with Gasteiger partial charge in [0.15, 0.2) is 0 Å². The molecule has 0 aromatic heterocycles. The summed E-state index contributed by atoms with van der Waals surface area (Å²) in [5, 5.41) is 3.06. The average molecular weight is 564 g/mol. The van der Waals surface area contributed by atoms with Crippen LogP contribution < -0.4 is 10.1 Å². The fourth-order valence-electron chi connectivity index (χ4n) is 6.79. The molecule has 2 atom stereocenters. The zero-order valence-electron chi connectivity index (χ0n) is 24.4. The molecule has 2 unspecified atom stereocenters. The molecule has 0 radical (unpaired) electrons. The van der Waals surface area contributed by atoms with E-state index in [1.165, 1.54) is 51.6 Å². The Bertz CT molecular complexity index is 1040. The molecule has 2 aliphatic heterocycles. The van der Waals surface area contributed by atoms with Gasteiger partial charge in [0.25, 0.3) is 0 Å². The lowest BCUT2D eigenvalue weighted by molar-refractivity contribution is -0.132. The Hall–Kier alpha value is -1.68. The van der Waals surface area contributed by atoms with Gasteiger partial charge in [0.2, 0.25) is 15.9 Å². The second-order valence-electron chi connectivity index (χ2n) is 11.8. The number of likely N-dealkylation sites (tertiary alicyclic amines) is 1. The summed E-state index contributed by atoms with van der Waals surface area (Å²) in [5.41, 5.74) is 1.35. The van der Waals surface area contributed by atoms with E-state index in [0.717, 1.165) is 31.7 Å². The Morgan fingerprint density at radius 3 is 2.28 bits per heavy atom. The van der Waals surface area contributed by atoms with Gasteiger partial charge in [-0.1, -0.05) is 6.42 Å². The summed E-state index contributed by atoms with van der Waals surface area (Å²) in [6.07, 6.45) is 10.7. The summed E-state index contributed by atoms with van der Waals surface area (Å²) in [6.45, 7) is 9.27. The minimum atomic E-state index is -3.71. The Kier molecular flexibility index (Phi) is 10.7. The van der Waals surface area contributed by atoms with Gasteiger partial charge in [-0.25, -0.2) is 8.42 Å². The molecular weight excluding hydrogens is 514 g/mol. The number of piperidine rings is 1. The van der Waals surface area contributed by atoms with Crippen LogP contribution in [0.4, 0.5) is 0 Å². The molecule has 3 aliphatic rings. The molecule has 2 heterocycles. The number of aryl methyl sites for hydroxylation is 2. The van der Waals surface area contributed by atoms with Crippen molar-refractivity contribution in [1.82, 2.24) is 14.5 Å². The van der Waals surface area contributed by atoms with E-state index in [4.69, 9.17) is 9.47 Å². The summed E-state index contributed by atoms with van der Waals surface area (Å²) in [5.74, 6) is 1.22. The van der Waals surface area contributed by atoms with Crippen LogP contribution in [0.25, 0.3) is 0 Å². The van der Waals surface area contributed by atoms with Gasteiger partial charge in [-0.2, -0.15) is 4.31 Å². The molecule has 1 N–H and O–H groups in total. The molecule has 1 aromatic carbocycles. The van der Waals surface area contributed by atoms with Crippen LogP contribution in [0.15, 0.2) is 17.0 Å². The number of hydrogen-bond acceptors (Lipinski definition) is 6. The molecule has 1 aliphatic carbocycles. The lowest BCUT2D eigenvalue weighted by Crippen LogP contribution is -2.47. The molecule has 0 spiro atoms. The van der Waals surface area contributed by atoms with E-state index in [-0.39, 0.29) is 18.6 Å². The molecule has 8 nitrogen and oxygen atoms in total. The van der Waals surface area contributed by atoms with Crippen molar-refractivity contribution in [2.75, 3.05) is 39.9 Å². The van der Waals surface area contributed by atoms with E-state index in [0.29, 0.717) is 40.8 Å². The highest BCUT2D eigenvalue weighted by Gasteiger charge is 2.36. The molecule has 3 fully saturated rings. The number of nitrogens with zero attached hydrogens (tertiary/aromatic N) is 2. The van der Waals surface area contributed by atoms with Gasteiger partial charge >= 0.3 is 0 Å². The van der Waals surface area contributed by atoms with Gasteiger partial charge in [0.05, 0.1) is 18.6 Å². The highest BCUT2D eigenvalue weighted by Crippen LogP contribution is 2.33. The minimum Gasteiger partial charge on any atom is -0.497 e. The lowest BCUT2D eigenvalue weighted by Gasteiger charge is -2.35. The second-order valence-corrected chi connectivity index (χ2v) is 13.7. The van der Waals surface area contributed by atoms with Crippen LogP contribution >= 0.6 is 0 Å². The number of amides is 1.